The van der Waals surface area contributed by atoms with Crippen LogP contribution in [-0.4, -0.2) is 32.4 Å². The molecule has 21 heavy (non-hydrogen) atoms. The van der Waals surface area contributed by atoms with E-state index in [1.165, 1.54) is 10.4 Å². The molecule has 2 N–H and O–H groups in total. The molecule has 1 aromatic rings. The van der Waals surface area contributed by atoms with Crippen molar-refractivity contribution in [3.05, 3.63) is 29.6 Å². The van der Waals surface area contributed by atoms with E-state index in [0.717, 1.165) is 25.0 Å². The van der Waals surface area contributed by atoms with Gasteiger partial charge in [-0.3, -0.25) is 0 Å². The summed E-state index contributed by atoms with van der Waals surface area (Å²) in [4.78, 5) is 0.0485. The normalized spacial score (nSPS) is 14.9. The van der Waals surface area contributed by atoms with Gasteiger partial charge in [-0.2, -0.15) is 4.31 Å². The predicted octanol–water partition coefficient (Wildman–Crippen LogP) is 1.56. The number of rotatable bonds is 5. The average molecular weight is 310 g/mol. The zero-order chi connectivity index (χ0) is 15.5. The predicted molar refractivity (Wildman–Crippen MR) is 79.5 cm³/mol. The van der Waals surface area contributed by atoms with E-state index in [0.29, 0.717) is 19.0 Å². The van der Waals surface area contributed by atoms with Crippen molar-refractivity contribution in [1.29, 1.82) is 0 Å². The minimum Gasteiger partial charge on any atom is -0.320 e. The van der Waals surface area contributed by atoms with Crippen LogP contribution in [0.15, 0.2) is 23.1 Å². The zero-order valence-electron chi connectivity index (χ0n) is 12.0. The van der Waals surface area contributed by atoms with Gasteiger partial charge < -0.3 is 5.73 Å². The maximum atomic E-state index is 13.4. The standard InChI is InChI=1S/C15H19FN2O2S/c1-2-18(11-12-5-6-12)21(19,20)15-8-7-14(16)10-13(15)4-3-9-17/h7-8,10,12H,2,5-6,9,11,17H2,1H3. The van der Waals surface area contributed by atoms with Gasteiger partial charge in [0.1, 0.15) is 5.82 Å². The highest BCUT2D eigenvalue weighted by atomic mass is 32.2. The van der Waals surface area contributed by atoms with E-state index in [4.69, 9.17) is 5.73 Å². The molecule has 1 saturated carbocycles. The number of hydrogen-bond donors (Lipinski definition) is 1. The second-order valence-corrected chi connectivity index (χ2v) is 6.95. The highest BCUT2D eigenvalue weighted by Crippen LogP contribution is 2.32. The van der Waals surface area contributed by atoms with Crippen molar-refractivity contribution in [2.45, 2.75) is 24.7 Å². The van der Waals surface area contributed by atoms with Gasteiger partial charge in [-0.05, 0) is 37.0 Å². The SMILES string of the molecule is CCN(CC1CC1)S(=O)(=O)c1ccc(F)cc1C#CCN. The third-order valence-electron chi connectivity index (χ3n) is 3.40. The summed E-state index contributed by atoms with van der Waals surface area (Å²) in [5.41, 5.74) is 5.47. The monoisotopic (exact) mass is 310 g/mol. The Morgan fingerprint density at radius 3 is 2.71 bits per heavy atom. The Morgan fingerprint density at radius 1 is 1.43 bits per heavy atom. The van der Waals surface area contributed by atoms with E-state index in [-0.39, 0.29) is 17.0 Å². The van der Waals surface area contributed by atoms with Gasteiger partial charge in [0.05, 0.1) is 11.4 Å². The molecule has 0 saturated heterocycles. The highest BCUT2D eigenvalue weighted by molar-refractivity contribution is 7.89. The summed E-state index contributed by atoms with van der Waals surface area (Å²) < 4.78 is 40.2. The molecular formula is C15H19FN2O2S. The van der Waals surface area contributed by atoms with Gasteiger partial charge in [-0.1, -0.05) is 18.8 Å². The molecule has 1 aliphatic rings. The van der Waals surface area contributed by atoms with Gasteiger partial charge in [0, 0.05) is 18.7 Å². The Labute approximate surface area is 125 Å². The van der Waals surface area contributed by atoms with E-state index in [2.05, 4.69) is 11.8 Å². The molecule has 4 nitrogen and oxygen atoms in total. The topological polar surface area (TPSA) is 63.4 Å². The smallest absolute Gasteiger partial charge is 0.244 e. The summed E-state index contributed by atoms with van der Waals surface area (Å²) >= 11 is 0. The number of halogens is 1. The molecule has 0 unspecified atom stereocenters. The van der Waals surface area contributed by atoms with Crippen LogP contribution in [0.3, 0.4) is 0 Å². The van der Waals surface area contributed by atoms with Crippen LogP contribution >= 0.6 is 0 Å². The maximum Gasteiger partial charge on any atom is 0.244 e. The second kappa shape index (κ2) is 6.56. The number of nitrogens with two attached hydrogens (primary N) is 1. The van der Waals surface area contributed by atoms with E-state index in [1.807, 2.05) is 0 Å². The first-order valence-electron chi connectivity index (χ1n) is 6.97. The fourth-order valence-electron chi connectivity index (χ4n) is 2.10. The van der Waals surface area contributed by atoms with Crippen LogP contribution in [0.2, 0.25) is 0 Å². The lowest BCUT2D eigenvalue weighted by Crippen LogP contribution is -2.33. The first-order valence-corrected chi connectivity index (χ1v) is 8.41. The van der Waals surface area contributed by atoms with Crippen molar-refractivity contribution in [3.8, 4) is 11.8 Å². The lowest BCUT2D eigenvalue weighted by molar-refractivity contribution is 0.412. The first-order chi connectivity index (χ1) is 9.98. The molecule has 1 fully saturated rings. The molecule has 114 valence electrons. The second-order valence-electron chi connectivity index (χ2n) is 5.05. The summed E-state index contributed by atoms with van der Waals surface area (Å²) in [7, 11) is -3.66. The van der Waals surface area contributed by atoms with Crippen LogP contribution in [0.5, 0.6) is 0 Å². The Balaban J connectivity index is 2.42. The summed E-state index contributed by atoms with van der Waals surface area (Å²) in [6, 6.07) is 3.56. The largest absolute Gasteiger partial charge is 0.320 e. The fraction of sp³-hybridized carbons (Fsp3) is 0.467. The molecule has 0 aliphatic heterocycles. The molecule has 0 spiro atoms. The van der Waals surface area contributed by atoms with E-state index in [9.17, 15) is 12.8 Å². The molecule has 0 radical (unpaired) electrons. The zero-order valence-corrected chi connectivity index (χ0v) is 12.8. The minimum absolute atomic E-state index is 0.0485. The molecule has 1 aliphatic carbocycles. The van der Waals surface area contributed by atoms with Crippen molar-refractivity contribution in [2.24, 2.45) is 11.7 Å². The van der Waals surface area contributed by atoms with Crippen LogP contribution in [0.1, 0.15) is 25.3 Å². The fourth-order valence-corrected chi connectivity index (χ4v) is 3.75. The summed E-state index contributed by atoms with van der Waals surface area (Å²) in [5, 5.41) is 0. The Morgan fingerprint density at radius 2 is 2.14 bits per heavy atom. The van der Waals surface area contributed by atoms with Crippen LogP contribution in [0.4, 0.5) is 4.39 Å². The number of hydrogen-bond acceptors (Lipinski definition) is 3. The van der Waals surface area contributed by atoms with E-state index >= 15 is 0 Å². The lowest BCUT2D eigenvalue weighted by atomic mass is 10.2. The van der Waals surface area contributed by atoms with Gasteiger partial charge in [-0.15, -0.1) is 0 Å². The molecule has 6 heteroatoms. The third kappa shape index (κ3) is 3.82. The van der Waals surface area contributed by atoms with Gasteiger partial charge in [0.2, 0.25) is 10.0 Å². The van der Waals surface area contributed by atoms with Gasteiger partial charge >= 0.3 is 0 Å². The molecule has 0 bridgehead atoms. The van der Waals surface area contributed by atoms with Crippen LogP contribution in [0, 0.1) is 23.6 Å². The molecule has 0 amide bonds. The third-order valence-corrected chi connectivity index (χ3v) is 5.39. The van der Waals surface area contributed by atoms with Crippen LogP contribution in [-0.2, 0) is 10.0 Å². The van der Waals surface area contributed by atoms with Crippen molar-refractivity contribution in [3.63, 3.8) is 0 Å². The van der Waals surface area contributed by atoms with Crippen molar-refractivity contribution in [2.75, 3.05) is 19.6 Å². The Bertz CT molecular complexity index is 673. The molecule has 0 aromatic heterocycles. The lowest BCUT2D eigenvalue weighted by Gasteiger charge is -2.21. The highest BCUT2D eigenvalue weighted by Gasteiger charge is 2.31. The van der Waals surface area contributed by atoms with Crippen molar-refractivity contribution < 1.29 is 12.8 Å². The van der Waals surface area contributed by atoms with Crippen molar-refractivity contribution in [1.82, 2.24) is 4.31 Å². The number of benzene rings is 1. The molecule has 1 aromatic carbocycles. The van der Waals surface area contributed by atoms with Crippen molar-refractivity contribution >= 4 is 10.0 Å². The molecule has 2 rings (SSSR count). The number of nitrogens with zero attached hydrogens (tertiary/aromatic N) is 1. The van der Waals surface area contributed by atoms with Gasteiger partial charge in [-0.25, -0.2) is 12.8 Å². The summed E-state index contributed by atoms with van der Waals surface area (Å²) in [6.45, 7) is 2.80. The minimum atomic E-state index is -3.66. The van der Waals surface area contributed by atoms with E-state index < -0.39 is 15.8 Å². The van der Waals surface area contributed by atoms with E-state index in [1.54, 1.807) is 6.92 Å². The van der Waals surface area contributed by atoms with Gasteiger partial charge in [0.25, 0.3) is 0 Å². The summed E-state index contributed by atoms with van der Waals surface area (Å²) in [5.74, 6) is 5.16. The Hall–Kier alpha value is -1.42. The molecule has 0 atom stereocenters. The Kier molecular flexibility index (Phi) is 4.99. The average Bonchev–Trinajstić information content (AvgIpc) is 3.26. The van der Waals surface area contributed by atoms with Crippen LogP contribution < -0.4 is 5.73 Å². The summed E-state index contributed by atoms with van der Waals surface area (Å²) in [6.07, 6.45) is 2.13. The van der Waals surface area contributed by atoms with Crippen LogP contribution in [0.25, 0.3) is 0 Å². The quantitative estimate of drug-likeness (QED) is 0.840. The van der Waals surface area contributed by atoms with Gasteiger partial charge in [0.15, 0.2) is 0 Å². The molecular weight excluding hydrogens is 291 g/mol. The maximum absolute atomic E-state index is 13.4. The first kappa shape index (κ1) is 16.0. The molecule has 0 heterocycles. The number of sulfonamides is 1.